The number of alkyl carbamates (subject to hydrolysis) is 1. The molecule has 0 saturated carbocycles. The van der Waals surface area contributed by atoms with E-state index in [9.17, 15) is 19.5 Å². The third-order valence-electron chi connectivity index (χ3n) is 5.86. The number of carboxylic acids is 1. The minimum atomic E-state index is -1.30. The molecule has 0 fully saturated rings. The Balaban J connectivity index is 1.49. The monoisotopic (exact) mass is 472 g/mol. The lowest BCUT2D eigenvalue weighted by Crippen LogP contribution is -2.47. The second-order valence-corrected chi connectivity index (χ2v) is 8.16. The fourth-order valence-electron chi connectivity index (χ4n) is 4.22. The molecule has 178 valence electrons. The molecule has 9 heteroatoms. The predicted molar refractivity (Wildman–Crippen MR) is 127 cm³/mol. The highest BCUT2D eigenvalue weighted by Gasteiger charge is 2.31. The number of rotatable bonds is 8. The third kappa shape index (κ3) is 5.01. The van der Waals surface area contributed by atoms with Crippen LogP contribution in [0.1, 0.15) is 35.1 Å². The summed E-state index contributed by atoms with van der Waals surface area (Å²) in [6.45, 7) is 0.0656. The van der Waals surface area contributed by atoms with Gasteiger partial charge in [0.15, 0.2) is 0 Å². The van der Waals surface area contributed by atoms with E-state index in [1.165, 1.54) is 10.9 Å². The van der Waals surface area contributed by atoms with E-state index in [4.69, 9.17) is 11.2 Å². The minimum absolute atomic E-state index is 0.0656. The first-order valence-electron chi connectivity index (χ1n) is 11.0. The van der Waals surface area contributed by atoms with E-state index in [1.54, 1.807) is 13.2 Å². The van der Waals surface area contributed by atoms with Crippen LogP contribution in [0.25, 0.3) is 11.1 Å². The Kier molecular flexibility index (Phi) is 6.83. The lowest BCUT2D eigenvalue weighted by molar-refractivity contribution is -0.142. The van der Waals surface area contributed by atoms with Crippen LogP contribution in [0.15, 0.2) is 60.9 Å². The quantitative estimate of drug-likeness (QED) is 0.433. The van der Waals surface area contributed by atoms with Gasteiger partial charge in [-0.2, -0.15) is 5.10 Å². The average molecular weight is 473 g/mol. The van der Waals surface area contributed by atoms with Crippen molar-refractivity contribution in [3.63, 3.8) is 0 Å². The molecule has 2 aromatic carbocycles. The Hall–Kier alpha value is -4.58. The van der Waals surface area contributed by atoms with Crippen molar-refractivity contribution in [3.05, 3.63) is 77.6 Å². The first kappa shape index (κ1) is 23.6. The van der Waals surface area contributed by atoms with Crippen molar-refractivity contribution in [3.8, 4) is 23.5 Å². The highest BCUT2D eigenvalue weighted by atomic mass is 16.5. The van der Waals surface area contributed by atoms with Gasteiger partial charge in [-0.1, -0.05) is 48.5 Å². The maximum atomic E-state index is 12.9. The van der Waals surface area contributed by atoms with Crippen molar-refractivity contribution < 1.29 is 24.2 Å². The number of nitrogens with zero attached hydrogens (tertiary/aromatic N) is 2. The Morgan fingerprint density at radius 3 is 2.29 bits per heavy atom. The van der Waals surface area contributed by atoms with Gasteiger partial charge in [-0.05, 0) is 22.3 Å². The molecule has 1 aliphatic rings. The summed E-state index contributed by atoms with van der Waals surface area (Å²) in [7, 11) is 1.66. The molecule has 2 amide bonds. The molecule has 3 aromatic rings. The number of terminal acetylenes is 1. The second-order valence-electron chi connectivity index (χ2n) is 8.16. The number of benzene rings is 2. The maximum Gasteiger partial charge on any atom is 0.408 e. The first-order valence-corrected chi connectivity index (χ1v) is 11.0. The zero-order valence-electron chi connectivity index (χ0n) is 19.0. The van der Waals surface area contributed by atoms with Crippen LogP contribution in [0.4, 0.5) is 4.79 Å². The standard InChI is InChI=1S/C26H24N4O5/c1-3-8-22(25(32)33)28-24(31)23(16-13-27-30(2)14-16)29-26(34)35-15-21-19-11-6-4-9-17(19)18-10-5-7-12-20(18)21/h1,4-7,9-14,21-23H,8,15H2,2H3,(H,28,31)(H,29,34)(H,32,33). The summed E-state index contributed by atoms with van der Waals surface area (Å²) >= 11 is 0. The third-order valence-corrected chi connectivity index (χ3v) is 5.86. The fourth-order valence-corrected chi connectivity index (χ4v) is 4.22. The molecule has 1 aliphatic carbocycles. The van der Waals surface area contributed by atoms with Crippen molar-refractivity contribution in [1.82, 2.24) is 20.4 Å². The highest BCUT2D eigenvalue weighted by Crippen LogP contribution is 2.44. The molecule has 3 N–H and O–H groups in total. The van der Waals surface area contributed by atoms with Gasteiger partial charge in [0, 0.05) is 31.1 Å². The van der Waals surface area contributed by atoms with Gasteiger partial charge in [0.05, 0.1) is 6.20 Å². The van der Waals surface area contributed by atoms with Gasteiger partial charge < -0.3 is 20.5 Å². The minimum Gasteiger partial charge on any atom is -0.480 e. The molecule has 0 saturated heterocycles. The Bertz CT molecular complexity index is 1260. The number of hydrogen-bond acceptors (Lipinski definition) is 5. The van der Waals surface area contributed by atoms with Gasteiger partial charge >= 0.3 is 12.1 Å². The molecule has 2 atom stereocenters. The SMILES string of the molecule is C#CCC(NC(=O)C(NC(=O)OCC1c2ccccc2-c2ccccc21)c1cnn(C)c1)C(=O)O. The van der Waals surface area contributed by atoms with E-state index in [2.05, 4.69) is 21.7 Å². The van der Waals surface area contributed by atoms with Gasteiger partial charge in [0.1, 0.15) is 18.7 Å². The van der Waals surface area contributed by atoms with Crippen molar-refractivity contribution >= 4 is 18.0 Å². The predicted octanol–water partition coefficient (Wildman–Crippen LogP) is 2.59. The normalized spacial score (nSPS) is 13.6. The summed E-state index contributed by atoms with van der Waals surface area (Å²) in [4.78, 5) is 37.1. The summed E-state index contributed by atoms with van der Waals surface area (Å²) < 4.78 is 7.01. The number of carboxylic acid groups (broad SMARTS) is 1. The lowest BCUT2D eigenvalue weighted by atomic mass is 9.98. The zero-order chi connectivity index (χ0) is 24.9. The van der Waals surface area contributed by atoms with Crippen LogP contribution in [0.3, 0.4) is 0 Å². The van der Waals surface area contributed by atoms with E-state index < -0.39 is 30.1 Å². The Morgan fingerprint density at radius 1 is 1.11 bits per heavy atom. The molecule has 0 aliphatic heterocycles. The van der Waals surface area contributed by atoms with E-state index in [0.29, 0.717) is 5.56 Å². The zero-order valence-corrected chi connectivity index (χ0v) is 19.0. The number of hydrogen-bond donors (Lipinski definition) is 3. The van der Waals surface area contributed by atoms with Crippen LogP contribution in [0.2, 0.25) is 0 Å². The molecule has 1 aromatic heterocycles. The van der Waals surface area contributed by atoms with E-state index in [-0.39, 0.29) is 18.9 Å². The molecule has 1 heterocycles. The van der Waals surface area contributed by atoms with Crippen molar-refractivity contribution in [1.29, 1.82) is 0 Å². The molecular formula is C26H24N4O5. The van der Waals surface area contributed by atoms with Gasteiger partial charge in [0.2, 0.25) is 5.91 Å². The molecule has 9 nitrogen and oxygen atoms in total. The number of amides is 2. The molecule has 0 radical (unpaired) electrons. The van der Waals surface area contributed by atoms with Gasteiger partial charge in [-0.3, -0.25) is 9.48 Å². The number of nitrogens with one attached hydrogen (secondary N) is 2. The van der Waals surface area contributed by atoms with Gasteiger partial charge in [-0.15, -0.1) is 12.3 Å². The summed E-state index contributed by atoms with van der Waals surface area (Å²) in [5.41, 5.74) is 4.67. The Morgan fingerprint density at radius 2 is 1.74 bits per heavy atom. The summed E-state index contributed by atoms with van der Waals surface area (Å²) in [6.07, 6.45) is 7.15. The van der Waals surface area contributed by atoms with Crippen LogP contribution >= 0.6 is 0 Å². The number of fused-ring (bicyclic) bond motifs is 3. The van der Waals surface area contributed by atoms with Crippen LogP contribution in [0, 0.1) is 12.3 Å². The van der Waals surface area contributed by atoms with Crippen molar-refractivity contribution in [2.75, 3.05) is 6.61 Å². The summed E-state index contributed by atoms with van der Waals surface area (Å²) in [6, 6.07) is 13.4. The lowest BCUT2D eigenvalue weighted by Gasteiger charge is -2.20. The van der Waals surface area contributed by atoms with Crippen molar-refractivity contribution in [2.45, 2.75) is 24.4 Å². The number of ether oxygens (including phenoxy) is 1. The second kappa shape index (κ2) is 10.1. The van der Waals surface area contributed by atoms with Crippen LogP contribution in [-0.2, 0) is 21.4 Å². The van der Waals surface area contributed by atoms with Crippen LogP contribution in [0.5, 0.6) is 0 Å². The largest absolute Gasteiger partial charge is 0.480 e. The number of carbonyl (C=O) groups is 3. The smallest absolute Gasteiger partial charge is 0.408 e. The van der Waals surface area contributed by atoms with Crippen molar-refractivity contribution in [2.24, 2.45) is 7.05 Å². The summed E-state index contributed by atoms with van der Waals surface area (Å²) in [5.74, 6) is 0.0574. The van der Waals surface area contributed by atoms with Gasteiger partial charge in [-0.25, -0.2) is 9.59 Å². The number of aliphatic carboxylic acids is 1. The van der Waals surface area contributed by atoms with Crippen LogP contribution < -0.4 is 10.6 Å². The highest BCUT2D eigenvalue weighted by molar-refractivity contribution is 5.90. The molecule has 4 rings (SSSR count). The number of aromatic nitrogens is 2. The molecule has 35 heavy (non-hydrogen) atoms. The topological polar surface area (TPSA) is 123 Å². The molecular weight excluding hydrogens is 448 g/mol. The number of aryl methyl sites for hydroxylation is 1. The van der Waals surface area contributed by atoms with E-state index >= 15 is 0 Å². The average Bonchev–Trinajstić information content (AvgIpc) is 3.42. The van der Waals surface area contributed by atoms with E-state index in [1.807, 2.05) is 48.5 Å². The number of carbonyl (C=O) groups excluding carboxylic acids is 2. The molecule has 0 spiro atoms. The fraction of sp³-hybridized carbons (Fsp3) is 0.231. The first-order chi connectivity index (χ1) is 16.9. The van der Waals surface area contributed by atoms with Gasteiger partial charge in [0.25, 0.3) is 0 Å². The summed E-state index contributed by atoms with van der Waals surface area (Å²) in [5, 5.41) is 18.3. The van der Waals surface area contributed by atoms with E-state index in [0.717, 1.165) is 22.3 Å². The Labute approximate surface area is 202 Å². The molecule has 2 unspecified atom stereocenters. The maximum absolute atomic E-state index is 12.9. The molecule has 0 bridgehead atoms. The van der Waals surface area contributed by atoms with Crippen LogP contribution in [-0.4, -0.2) is 45.5 Å².